The number of likely N-dealkylation sites (tertiary alicyclic amines) is 1. The molecule has 0 saturated carbocycles. The van der Waals surface area contributed by atoms with Gasteiger partial charge in [-0.1, -0.05) is 37.3 Å². The van der Waals surface area contributed by atoms with E-state index in [1.807, 2.05) is 49.1 Å². The van der Waals surface area contributed by atoms with Gasteiger partial charge in [0.05, 0.1) is 11.0 Å². The van der Waals surface area contributed by atoms with Crippen LogP contribution in [0.25, 0.3) is 0 Å². The molecular weight excluding hydrogens is 224 g/mol. The number of carbonyl (C=O) groups is 1. The molecule has 0 aromatic heterocycles. The molecule has 1 fully saturated rings. The summed E-state index contributed by atoms with van der Waals surface area (Å²) in [5.41, 5.74) is 6.53. The van der Waals surface area contributed by atoms with E-state index in [0.29, 0.717) is 13.1 Å². The summed E-state index contributed by atoms with van der Waals surface area (Å²) in [7, 11) is 0. The van der Waals surface area contributed by atoms with Crippen LogP contribution >= 0.6 is 0 Å². The van der Waals surface area contributed by atoms with Crippen LogP contribution in [-0.4, -0.2) is 29.4 Å². The lowest BCUT2D eigenvalue weighted by molar-refractivity contribution is -0.144. The van der Waals surface area contributed by atoms with Gasteiger partial charge < -0.3 is 10.6 Å². The molecule has 0 unspecified atom stereocenters. The van der Waals surface area contributed by atoms with Gasteiger partial charge in [-0.25, -0.2) is 0 Å². The second kappa shape index (κ2) is 4.39. The standard InChI is InChI=1S/C15H22N2O/c1-4-15(16)10-17(11-15)13(18)14(2,3)12-8-6-5-7-9-12/h5-9H,4,10-11,16H2,1-3H3. The molecule has 2 rings (SSSR count). The second-order valence-corrected chi connectivity index (χ2v) is 5.87. The summed E-state index contributed by atoms with van der Waals surface area (Å²) < 4.78 is 0. The van der Waals surface area contributed by atoms with Crippen LogP contribution in [-0.2, 0) is 10.2 Å². The highest BCUT2D eigenvalue weighted by Crippen LogP contribution is 2.30. The minimum absolute atomic E-state index is 0.164. The van der Waals surface area contributed by atoms with Crippen LogP contribution in [0.2, 0.25) is 0 Å². The van der Waals surface area contributed by atoms with Crippen molar-refractivity contribution in [2.75, 3.05) is 13.1 Å². The zero-order valence-corrected chi connectivity index (χ0v) is 11.4. The Hall–Kier alpha value is -1.35. The molecule has 1 heterocycles. The van der Waals surface area contributed by atoms with Crippen molar-refractivity contribution in [1.29, 1.82) is 0 Å². The first-order chi connectivity index (χ1) is 8.39. The molecule has 1 aromatic carbocycles. The number of hydrogen-bond donors (Lipinski definition) is 1. The molecule has 0 radical (unpaired) electrons. The molecule has 1 aliphatic rings. The zero-order valence-electron chi connectivity index (χ0n) is 11.4. The summed E-state index contributed by atoms with van der Waals surface area (Å²) in [5, 5.41) is 0. The summed E-state index contributed by atoms with van der Waals surface area (Å²) in [6.07, 6.45) is 0.919. The average Bonchev–Trinajstić information content (AvgIpc) is 2.35. The van der Waals surface area contributed by atoms with E-state index in [2.05, 4.69) is 6.92 Å². The zero-order chi connectivity index (χ0) is 13.4. The lowest BCUT2D eigenvalue weighted by Gasteiger charge is -2.49. The minimum atomic E-state index is -0.476. The van der Waals surface area contributed by atoms with Crippen LogP contribution in [0.5, 0.6) is 0 Å². The number of nitrogens with zero attached hydrogens (tertiary/aromatic N) is 1. The molecule has 0 spiro atoms. The summed E-state index contributed by atoms with van der Waals surface area (Å²) in [4.78, 5) is 14.4. The second-order valence-electron chi connectivity index (χ2n) is 5.87. The van der Waals surface area contributed by atoms with Gasteiger partial charge in [-0.2, -0.15) is 0 Å². The van der Waals surface area contributed by atoms with Gasteiger partial charge in [-0.15, -0.1) is 0 Å². The fourth-order valence-electron chi connectivity index (χ4n) is 2.45. The molecule has 3 heteroatoms. The van der Waals surface area contributed by atoms with Crippen LogP contribution < -0.4 is 5.73 Å². The Kier molecular flexibility index (Phi) is 3.20. The highest BCUT2D eigenvalue weighted by Gasteiger charge is 2.45. The SMILES string of the molecule is CCC1(N)CN(C(=O)C(C)(C)c2ccccc2)C1. The molecule has 3 nitrogen and oxygen atoms in total. The molecule has 1 aromatic rings. The predicted octanol–water partition coefficient (Wildman–Crippen LogP) is 1.91. The first-order valence-electron chi connectivity index (χ1n) is 6.53. The number of amides is 1. The summed E-state index contributed by atoms with van der Waals surface area (Å²) >= 11 is 0. The van der Waals surface area contributed by atoms with E-state index in [-0.39, 0.29) is 11.4 Å². The number of benzene rings is 1. The Morgan fingerprint density at radius 1 is 1.33 bits per heavy atom. The highest BCUT2D eigenvalue weighted by atomic mass is 16.2. The summed E-state index contributed by atoms with van der Waals surface area (Å²) in [6, 6.07) is 9.93. The summed E-state index contributed by atoms with van der Waals surface area (Å²) in [6.45, 7) is 7.39. The normalized spacial score (nSPS) is 18.3. The third-order valence-corrected chi connectivity index (χ3v) is 4.03. The van der Waals surface area contributed by atoms with E-state index < -0.39 is 5.41 Å². The molecular formula is C15H22N2O. The van der Waals surface area contributed by atoms with Crippen molar-refractivity contribution in [3.63, 3.8) is 0 Å². The van der Waals surface area contributed by atoms with E-state index in [9.17, 15) is 4.79 Å². The first kappa shape index (κ1) is 13.1. The van der Waals surface area contributed by atoms with Crippen molar-refractivity contribution in [2.24, 2.45) is 5.73 Å². The molecule has 0 aliphatic carbocycles. The van der Waals surface area contributed by atoms with Gasteiger partial charge in [0.2, 0.25) is 5.91 Å². The monoisotopic (exact) mass is 246 g/mol. The van der Waals surface area contributed by atoms with Crippen molar-refractivity contribution in [3.05, 3.63) is 35.9 Å². The fourth-order valence-corrected chi connectivity index (χ4v) is 2.45. The molecule has 1 aliphatic heterocycles. The molecule has 0 bridgehead atoms. The maximum atomic E-state index is 12.5. The van der Waals surface area contributed by atoms with Crippen LogP contribution in [0.1, 0.15) is 32.8 Å². The van der Waals surface area contributed by atoms with Crippen LogP contribution in [0.3, 0.4) is 0 Å². The topological polar surface area (TPSA) is 46.3 Å². The number of nitrogens with two attached hydrogens (primary N) is 1. The van der Waals surface area contributed by atoms with E-state index in [0.717, 1.165) is 12.0 Å². The minimum Gasteiger partial charge on any atom is -0.338 e. The van der Waals surface area contributed by atoms with Crippen molar-refractivity contribution in [3.8, 4) is 0 Å². The van der Waals surface area contributed by atoms with Gasteiger partial charge in [-0.3, -0.25) is 4.79 Å². The highest BCUT2D eigenvalue weighted by molar-refractivity contribution is 5.88. The van der Waals surface area contributed by atoms with E-state index >= 15 is 0 Å². The quantitative estimate of drug-likeness (QED) is 0.885. The predicted molar refractivity (Wildman–Crippen MR) is 73.3 cm³/mol. The van der Waals surface area contributed by atoms with Crippen molar-refractivity contribution in [2.45, 2.75) is 38.1 Å². The molecule has 1 amide bonds. The Bertz CT molecular complexity index is 433. The van der Waals surface area contributed by atoms with Gasteiger partial charge in [-0.05, 0) is 25.8 Å². The van der Waals surface area contributed by atoms with Crippen molar-refractivity contribution >= 4 is 5.91 Å². The Balaban J connectivity index is 2.11. The Morgan fingerprint density at radius 3 is 2.39 bits per heavy atom. The first-order valence-corrected chi connectivity index (χ1v) is 6.53. The van der Waals surface area contributed by atoms with Crippen LogP contribution in [0, 0.1) is 0 Å². The van der Waals surface area contributed by atoms with Crippen LogP contribution in [0.15, 0.2) is 30.3 Å². The number of hydrogen-bond acceptors (Lipinski definition) is 2. The molecule has 2 N–H and O–H groups in total. The van der Waals surface area contributed by atoms with E-state index in [1.54, 1.807) is 0 Å². The molecule has 0 atom stereocenters. The van der Waals surface area contributed by atoms with E-state index in [1.165, 1.54) is 0 Å². The van der Waals surface area contributed by atoms with Gasteiger partial charge in [0.15, 0.2) is 0 Å². The Labute approximate surface area is 109 Å². The fraction of sp³-hybridized carbons (Fsp3) is 0.533. The molecule has 18 heavy (non-hydrogen) atoms. The number of rotatable bonds is 3. The molecule has 98 valence electrons. The maximum Gasteiger partial charge on any atom is 0.232 e. The average molecular weight is 246 g/mol. The van der Waals surface area contributed by atoms with Gasteiger partial charge in [0.1, 0.15) is 0 Å². The van der Waals surface area contributed by atoms with Gasteiger partial charge in [0.25, 0.3) is 0 Å². The third-order valence-electron chi connectivity index (χ3n) is 4.03. The smallest absolute Gasteiger partial charge is 0.232 e. The van der Waals surface area contributed by atoms with Crippen molar-refractivity contribution < 1.29 is 4.79 Å². The lowest BCUT2D eigenvalue weighted by atomic mass is 9.79. The van der Waals surface area contributed by atoms with E-state index in [4.69, 9.17) is 5.73 Å². The summed E-state index contributed by atoms with van der Waals surface area (Å²) in [5.74, 6) is 0.170. The van der Waals surface area contributed by atoms with Gasteiger partial charge in [0, 0.05) is 13.1 Å². The van der Waals surface area contributed by atoms with Crippen LogP contribution in [0.4, 0.5) is 0 Å². The van der Waals surface area contributed by atoms with Crippen molar-refractivity contribution in [1.82, 2.24) is 4.90 Å². The van der Waals surface area contributed by atoms with Gasteiger partial charge >= 0.3 is 0 Å². The molecule has 1 saturated heterocycles. The lowest BCUT2D eigenvalue weighted by Crippen LogP contribution is -2.70. The Morgan fingerprint density at radius 2 is 1.89 bits per heavy atom. The maximum absolute atomic E-state index is 12.5. The third kappa shape index (κ3) is 2.15. The largest absolute Gasteiger partial charge is 0.338 e. The number of carbonyl (C=O) groups excluding carboxylic acids is 1.